The van der Waals surface area contributed by atoms with Gasteiger partial charge in [0.25, 0.3) is 0 Å². The van der Waals surface area contributed by atoms with Crippen molar-refractivity contribution in [3.8, 4) is 0 Å². The Bertz CT molecular complexity index is 9.65. The van der Waals surface area contributed by atoms with Gasteiger partial charge in [-0.3, -0.25) is 0 Å². The first kappa shape index (κ1) is 39.7. The van der Waals surface area contributed by atoms with Crippen molar-refractivity contribution < 1.29 is 21.7 Å². The topological polar surface area (TPSA) is 0 Å². The van der Waals surface area contributed by atoms with Crippen molar-refractivity contribution in [3.63, 3.8) is 0 Å². The van der Waals surface area contributed by atoms with Gasteiger partial charge < -0.3 is 34.9 Å². The predicted molar refractivity (Wildman–Crippen MR) is 40.5 cm³/mol. The van der Waals surface area contributed by atoms with E-state index in [-0.39, 0.29) is 44.0 Å². The van der Waals surface area contributed by atoms with Crippen LogP contribution in [0.3, 0.4) is 0 Å². The van der Waals surface area contributed by atoms with Gasteiger partial charge in [0.15, 0.2) is 0 Å². The molecular formula is C4H12S2Ti. The van der Waals surface area contributed by atoms with Crippen molar-refractivity contribution in [1.82, 2.24) is 0 Å². The summed E-state index contributed by atoms with van der Waals surface area (Å²) in [5.41, 5.74) is 0. The summed E-state index contributed by atoms with van der Waals surface area (Å²) in [6.07, 6.45) is 0. The molecule has 0 atom stereocenters. The van der Waals surface area contributed by atoms with E-state index in [1.54, 1.807) is 0 Å². The van der Waals surface area contributed by atoms with E-state index in [0.29, 0.717) is 5.08 Å². The van der Waals surface area contributed by atoms with E-state index < -0.39 is 0 Å². The van der Waals surface area contributed by atoms with Gasteiger partial charge in [-0.1, -0.05) is 0 Å². The zero-order chi connectivity index (χ0) is 2.71. The third kappa shape index (κ3) is 109. The van der Waals surface area contributed by atoms with Crippen LogP contribution in [0.5, 0.6) is 0 Å². The molecule has 0 saturated heterocycles. The van der Waals surface area contributed by atoms with Gasteiger partial charge in [0.1, 0.15) is 0 Å². The van der Waals surface area contributed by atoms with Crippen LogP contribution >= 0.6 is 12.6 Å². The molecule has 3 heteroatoms. The van der Waals surface area contributed by atoms with Crippen LogP contribution < -0.4 is 0 Å². The first-order chi connectivity index (χ1) is 1.41. The summed E-state index contributed by atoms with van der Waals surface area (Å²) < 4.78 is 0. The van der Waals surface area contributed by atoms with Crippen LogP contribution in [0.15, 0.2) is 0 Å². The number of thiol groups is 1. The summed E-state index contributed by atoms with van der Waals surface area (Å²) >= 11 is 7.86. The second-order valence-corrected chi connectivity index (χ2v) is 1.16. The van der Waals surface area contributed by atoms with Crippen LogP contribution in [0.2, 0.25) is 0 Å². The molecule has 0 radical (unpaired) electrons. The number of hydrogen-bond acceptors (Lipinski definition) is 2. The molecule has 0 bridgehead atoms. The summed E-state index contributed by atoms with van der Waals surface area (Å²) in [7, 11) is 0. The molecule has 0 amide bonds. The smallest absolute Gasteiger partial charge is 0.782 e. The molecule has 0 aliphatic carbocycles. The molecule has 7 heavy (non-hydrogen) atoms. The minimum Gasteiger partial charge on any atom is -0.782 e. The van der Waals surface area contributed by atoms with Crippen molar-refractivity contribution in [2.75, 3.05) is 5.08 Å². The molecule has 0 aromatic heterocycles. The van der Waals surface area contributed by atoms with Gasteiger partial charge in [-0.2, -0.15) is 0 Å². The summed E-state index contributed by atoms with van der Waals surface area (Å²) in [5, 5.41) is 0.528. The number of rotatable bonds is 0. The van der Waals surface area contributed by atoms with Gasteiger partial charge in [0.05, 0.1) is 0 Å². The van der Waals surface area contributed by atoms with E-state index in [1.165, 1.54) is 0 Å². The van der Waals surface area contributed by atoms with Gasteiger partial charge in [0, 0.05) is 0 Å². The number of hydrogen-bond donors (Lipinski definition) is 1. The van der Waals surface area contributed by atoms with Crippen molar-refractivity contribution in [1.29, 1.82) is 0 Å². The average Bonchev–Trinajstić information content (AvgIpc) is 0.918. The van der Waals surface area contributed by atoms with E-state index in [9.17, 15) is 0 Å². The Morgan fingerprint density at radius 2 is 1.14 bits per heavy atom. The summed E-state index contributed by atoms with van der Waals surface area (Å²) in [6.45, 7) is 0. The van der Waals surface area contributed by atoms with Gasteiger partial charge in [-0.25, -0.2) is 12.6 Å². The largest absolute Gasteiger partial charge is 4.00 e. The van der Waals surface area contributed by atoms with Gasteiger partial charge in [-0.15, -0.1) is 5.08 Å². The fourth-order valence-electron chi connectivity index (χ4n) is 0. The van der Waals surface area contributed by atoms with Crippen molar-refractivity contribution >= 4 is 25.3 Å². The molecule has 0 heterocycles. The Hall–Kier alpha value is 1.41. The van der Waals surface area contributed by atoms with Gasteiger partial charge >= 0.3 is 21.7 Å². The molecule has 0 N–H and O–H groups in total. The van der Waals surface area contributed by atoms with E-state index >= 15 is 0 Å². The summed E-state index contributed by atoms with van der Waals surface area (Å²) in [4.78, 5) is 0. The van der Waals surface area contributed by atoms with Crippen molar-refractivity contribution in [2.45, 2.75) is 0 Å². The minimum atomic E-state index is 0. The molecular weight excluding hydrogens is 160 g/mol. The zero-order valence-corrected chi connectivity index (χ0v) is 8.34. The molecule has 44 valence electrons. The maximum Gasteiger partial charge on any atom is 4.00 e. The molecule has 0 aliphatic heterocycles. The molecule has 0 nitrogen and oxygen atoms in total. The summed E-state index contributed by atoms with van der Waals surface area (Å²) in [5.74, 6) is 0. The molecule has 0 aromatic rings. The molecule has 0 saturated carbocycles. The normalized spacial score (nSPS) is 2.57. The fraction of sp³-hybridized carbons (Fsp3) is 0.250. The molecule has 0 rings (SSSR count). The Morgan fingerprint density at radius 1 is 1.14 bits per heavy atom. The Balaban J connectivity index is -0.00000000333. The predicted octanol–water partition coefficient (Wildman–Crippen LogP) is 1.77. The van der Waals surface area contributed by atoms with Gasteiger partial charge in [0.2, 0.25) is 0 Å². The maximum absolute atomic E-state index is 4.26. The fourth-order valence-corrected chi connectivity index (χ4v) is 0. The molecule has 0 fully saturated rings. The zero-order valence-electron chi connectivity index (χ0n) is 5.06. The Kier molecular flexibility index (Phi) is 297. The van der Waals surface area contributed by atoms with Crippen LogP contribution in [-0.4, -0.2) is 5.08 Å². The first-order valence-electron chi connectivity index (χ1n) is 0.605. The van der Waals surface area contributed by atoms with Crippen molar-refractivity contribution in [3.05, 3.63) is 22.3 Å². The summed E-state index contributed by atoms with van der Waals surface area (Å²) in [6, 6.07) is 0. The van der Waals surface area contributed by atoms with Crippen LogP contribution in [0.25, 0.3) is 0 Å². The molecule has 0 aromatic carbocycles. The van der Waals surface area contributed by atoms with Crippen molar-refractivity contribution in [2.24, 2.45) is 0 Å². The monoisotopic (exact) mass is 172 g/mol. The first-order valence-corrected chi connectivity index (χ1v) is 1.81. The molecule has 0 spiro atoms. The Morgan fingerprint density at radius 3 is 1.14 bits per heavy atom. The van der Waals surface area contributed by atoms with E-state index in [2.05, 4.69) is 25.3 Å². The molecule has 0 unspecified atom stereocenters. The van der Waals surface area contributed by atoms with E-state index in [1.807, 2.05) is 0 Å². The maximum atomic E-state index is 4.26. The van der Waals surface area contributed by atoms with Crippen LogP contribution in [0.4, 0.5) is 0 Å². The Labute approximate surface area is 74.2 Å². The average molecular weight is 172 g/mol. The van der Waals surface area contributed by atoms with E-state index in [0.717, 1.165) is 0 Å². The second-order valence-electron chi connectivity index (χ2n) is 0.129. The van der Waals surface area contributed by atoms with Crippen LogP contribution in [0.1, 0.15) is 0 Å². The quantitative estimate of drug-likeness (QED) is 0.251. The standard InChI is InChI=1S/CH4S2.3CH3.Ti/c2-1-3;;;;/h2-3H,1H2;3*1H3;/q;3*-1;+4/p-1. The third-order valence-electron chi connectivity index (χ3n) is 0. The second kappa shape index (κ2) is 52.3. The van der Waals surface area contributed by atoms with Gasteiger partial charge in [-0.05, 0) is 0 Å². The van der Waals surface area contributed by atoms with Crippen LogP contribution in [-0.2, 0) is 34.3 Å². The molecule has 0 aliphatic rings. The van der Waals surface area contributed by atoms with E-state index in [4.69, 9.17) is 0 Å². The SMILES string of the molecule is [CH3-].[CH3-].[CH3-].[S-]CS.[Ti+4]. The third-order valence-corrected chi connectivity index (χ3v) is 0. The van der Waals surface area contributed by atoms with Crippen LogP contribution in [0, 0.1) is 22.3 Å². The minimum absolute atomic E-state index is 0.